The smallest absolute Gasteiger partial charge is 0.303 e. The Morgan fingerprint density at radius 3 is 1.88 bits per heavy atom. The molecule has 1 N–H and O–H groups in total. The van der Waals surface area contributed by atoms with Crippen molar-refractivity contribution in [2.24, 2.45) is 0 Å². The van der Waals surface area contributed by atoms with Crippen molar-refractivity contribution in [3.8, 4) is 0 Å². The first kappa shape index (κ1) is 17.1. The van der Waals surface area contributed by atoms with E-state index in [0.717, 1.165) is 12.8 Å². The highest BCUT2D eigenvalue weighted by molar-refractivity contribution is 7.47. The molecule has 0 aromatic carbocycles. The van der Waals surface area contributed by atoms with Crippen LogP contribution in [0.5, 0.6) is 0 Å². The van der Waals surface area contributed by atoms with Gasteiger partial charge in [-0.15, -0.1) is 0 Å². The second kappa shape index (κ2) is 11.2. The van der Waals surface area contributed by atoms with Crippen LogP contribution in [-0.4, -0.2) is 18.6 Å². The van der Waals surface area contributed by atoms with Crippen LogP contribution < -0.4 is 0 Å². The van der Waals surface area contributed by atoms with Crippen LogP contribution in [0.3, 0.4) is 0 Å². The topological polar surface area (TPSA) is 55.8 Å². The van der Waals surface area contributed by atoms with Gasteiger partial charge < -0.3 is 4.89 Å². The van der Waals surface area contributed by atoms with E-state index in [2.05, 4.69) is 11.4 Å². The normalized spacial score (nSPS) is 14.8. The number of phosphoric acid groups is 1. The summed E-state index contributed by atoms with van der Waals surface area (Å²) < 4.78 is 20.0. The van der Waals surface area contributed by atoms with Crippen LogP contribution in [0.15, 0.2) is 0 Å². The molecule has 5 heteroatoms. The maximum absolute atomic E-state index is 10.9. The summed E-state index contributed by atoms with van der Waals surface area (Å²) in [5.74, 6) is 0. The SMILES string of the molecule is CCCCCCCCCCCOP(=O)(O)OC. The molecule has 17 heavy (non-hydrogen) atoms. The fourth-order valence-electron chi connectivity index (χ4n) is 1.65. The molecule has 0 aliphatic carbocycles. The second-order valence-corrected chi connectivity index (χ2v) is 5.87. The molecule has 0 radical (unpaired) electrons. The fourth-order valence-corrected chi connectivity index (χ4v) is 2.11. The lowest BCUT2D eigenvalue weighted by Crippen LogP contribution is -1.94. The number of hydrogen-bond donors (Lipinski definition) is 1. The summed E-state index contributed by atoms with van der Waals surface area (Å²) in [6.07, 6.45) is 10.9. The van der Waals surface area contributed by atoms with Gasteiger partial charge >= 0.3 is 7.82 Å². The Morgan fingerprint density at radius 1 is 0.941 bits per heavy atom. The summed E-state index contributed by atoms with van der Waals surface area (Å²) in [4.78, 5) is 8.96. The zero-order valence-corrected chi connectivity index (χ0v) is 12.1. The van der Waals surface area contributed by atoms with Crippen molar-refractivity contribution >= 4 is 7.82 Å². The predicted octanol–water partition coefficient (Wildman–Crippen LogP) is 4.28. The van der Waals surface area contributed by atoms with E-state index in [1.54, 1.807) is 0 Å². The van der Waals surface area contributed by atoms with Gasteiger partial charge in [0.05, 0.1) is 6.61 Å². The van der Waals surface area contributed by atoms with E-state index >= 15 is 0 Å². The lowest BCUT2D eigenvalue weighted by molar-refractivity contribution is 0.170. The largest absolute Gasteiger partial charge is 0.471 e. The summed E-state index contributed by atoms with van der Waals surface area (Å²) in [7, 11) is -2.57. The molecule has 0 amide bonds. The summed E-state index contributed by atoms with van der Waals surface area (Å²) in [6.45, 7) is 2.53. The lowest BCUT2D eigenvalue weighted by atomic mass is 10.1. The third-order valence-corrected chi connectivity index (χ3v) is 3.70. The maximum atomic E-state index is 10.9. The Hall–Kier alpha value is 0.110. The van der Waals surface area contributed by atoms with Crippen molar-refractivity contribution in [1.29, 1.82) is 0 Å². The van der Waals surface area contributed by atoms with Crippen LogP contribution in [-0.2, 0) is 13.6 Å². The molecule has 0 saturated heterocycles. The summed E-state index contributed by atoms with van der Waals surface area (Å²) in [5, 5.41) is 0. The van der Waals surface area contributed by atoms with E-state index in [-0.39, 0.29) is 0 Å². The molecule has 0 rings (SSSR count). The Balaban J connectivity index is 3.11. The van der Waals surface area contributed by atoms with Gasteiger partial charge in [0, 0.05) is 7.11 Å². The third kappa shape index (κ3) is 12.4. The fraction of sp³-hybridized carbons (Fsp3) is 1.00. The molecule has 0 spiro atoms. The van der Waals surface area contributed by atoms with Crippen molar-refractivity contribution in [3.05, 3.63) is 0 Å². The summed E-state index contributed by atoms with van der Waals surface area (Å²) >= 11 is 0. The average molecular weight is 266 g/mol. The van der Waals surface area contributed by atoms with Crippen molar-refractivity contribution in [1.82, 2.24) is 0 Å². The number of phosphoric ester groups is 1. The van der Waals surface area contributed by atoms with Gasteiger partial charge in [-0.25, -0.2) is 4.57 Å². The molecular weight excluding hydrogens is 239 g/mol. The van der Waals surface area contributed by atoms with Crippen LogP contribution >= 0.6 is 7.82 Å². The molecule has 0 heterocycles. The van der Waals surface area contributed by atoms with Gasteiger partial charge in [0.2, 0.25) is 0 Å². The van der Waals surface area contributed by atoms with Gasteiger partial charge in [0.15, 0.2) is 0 Å². The zero-order valence-electron chi connectivity index (χ0n) is 11.2. The van der Waals surface area contributed by atoms with E-state index in [9.17, 15) is 4.57 Å². The van der Waals surface area contributed by atoms with Crippen molar-refractivity contribution in [2.45, 2.75) is 64.7 Å². The molecule has 1 atom stereocenters. The first-order chi connectivity index (χ1) is 8.12. The van der Waals surface area contributed by atoms with Gasteiger partial charge in [0.25, 0.3) is 0 Å². The predicted molar refractivity (Wildman–Crippen MR) is 70.0 cm³/mol. The number of hydrogen-bond acceptors (Lipinski definition) is 3. The van der Waals surface area contributed by atoms with Gasteiger partial charge in [-0.2, -0.15) is 0 Å². The Labute approximate surface area is 105 Å². The molecule has 0 aromatic heterocycles. The monoisotopic (exact) mass is 266 g/mol. The Kier molecular flexibility index (Phi) is 11.3. The molecule has 1 unspecified atom stereocenters. The molecule has 0 aromatic rings. The molecule has 0 bridgehead atoms. The molecule has 104 valence electrons. The Morgan fingerprint density at radius 2 is 1.41 bits per heavy atom. The zero-order chi connectivity index (χ0) is 13.0. The minimum absolute atomic E-state index is 0.303. The van der Waals surface area contributed by atoms with E-state index in [1.807, 2.05) is 0 Å². The van der Waals surface area contributed by atoms with Crippen LogP contribution in [0.1, 0.15) is 64.7 Å². The van der Waals surface area contributed by atoms with Crippen molar-refractivity contribution < 1.29 is 18.5 Å². The van der Waals surface area contributed by atoms with Gasteiger partial charge in [-0.3, -0.25) is 9.05 Å². The molecule has 0 aliphatic rings. The molecule has 0 fully saturated rings. The standard InChI is InChI=1S/C12H27O4P/c1-3-4-5-6-7-8-9-10-11-12-16-17(13,14)15-2/h3-12H2,1-2H3,(H,13,14). The van der Waals surface area contributed by atoms with Crippen LogP contribution in [0.2, 0.25) is 0 Å². The number of unbranched alkanes of at least 4 members (excludes halogenated alkanes) is 8. The van der Waals surface area contributed by atoms with E-state index in [1.165, 1.54) is 52.1 Å². The van der Waals surface area contributed by atoms with Gasteiger partial charge in [-0.1, -0.05) is 58.3 Å². The van der Waals surface area contributed by atoms with Crippen molar-refractivity contribution in [2.75, 3.05) is 13.7 Å². The molecule has 0 aliphatic heterocycles. The van der Waals surface area contributed by atoms with E-state index < -0.39 is 7.82 Å². The molecule has 0 saturated carbocycles. The highest BCUT2D eigenvalue weighted by Gasteiger charge is 2.17. The minimum Gasteiger partial charge on any atom is -0.303 e. The van der Waals surface area contributed by atoms with Gasteiger partial charge in [-0.05, 0) is 6.42 Å². The van der Waals surface area contributed by atoms with Gasteiger partial charge in [0.1, 0.15) is 0 Å². The maximum Gasteiger partial charge on any atom is 0.471 e. The van der Waals surface area contributed by atoms with Crippen LogP contribution in [0.25, 0.3) is 0 Å². The third-order valence-electron chi connectivity index (χ3n) is 2.73. The van der Waals surface area contributed by atoms with Crippen LogP contribution in [0, 0.1) is 0 Å². The average Bonchev–Trinajstić information content (AvgIpc) is 2.31. The highest BCUT2D eigenvalue weighted by Crippen LogP contribution is 2.41. The highest BCUT2D eigenvalue weighted by atomic mass is 31.2. The van der Waals surface area contributed by atoms with E-state index in [4.69, 9.17) is 9.42 Å². The van der Waals surface area contributed by atoms with E-state index in [0.29, 0.717) is 6.61 Å². The lowest BCUT2D eigenvalue weighted by Gasteiger charge is -2.08. The first-order valence-electron chi connectivity index (χ1n) is 6.65. The molecular formula is C12H27O4P. The Bertz CT molecular complexity index is 209. The molecule has 4 nitrogen and oxygen atoms in total. The number of rotatable bonds is 12. The quantitative estimate of drug-likeness (QED) is 0.423. The summed E-state index contributed by atoms with van der Waals surface area (Å²) in [6, 6.07) is 0. The second-order valence-electron chi connectivity index (χ2n) is 4.31. The van der Waals surface area contributed by atoms with Crippen molar-refractivity contribution in [3.63, 3.8) is 0 Å². The van der Waals surface area contributed by atoms with Crippen LogP contribution in [0.4, 0.5) is 0 Å². The summed E-state index contributed by atoms with van der Waals surface area (Å²) in [5.41, 5.74) is 0. The minimum atomic E-state index is -3.75. The first-order valence-corrected chi connectivity index (χ1v) is 8.15.